The van der Waals surface area contributed by atoms with E-state index in [2.05, 4.69) is 47.5 Å². The first-order valence-electron chi connectivity index (χ1n) is 7.19. The molecule has 0 spiro atoms. The Balaban J connectivity index is 1.80. The molecule has 1 saturated heterocycles. The van der Waals surface area contributed by atoms with Crippen LogP contribution < -0.4 is 5.32 Å². The third-order valence-electron chi connectivity index (χ3n) is 4.31. The van der Waals surface area contributed by atoms with E-state index >= 15 is 0 Å². The predicted octanol–water partition coefficient (Wildman–Crippen LogP) is 2.18. The molecule has 0 atom stereocenters. The first kappa shape index (κ1) is 14.1. The van der Waals surface area contributed by atoms with E-state index in [-0.39, 0.29) is 0 Å². The molecule has 1 aliphatic heterocycles. The quantitative estimate of drug-likeness (QED) is 0.628. The number of rotatable bonds is 6. The Bertz CT molecular complexity index is 383. The van der Waals surface area contributed by atoms with Gasteiger partial charge in [-0.05, 0) is 49.9 Å². The summed E-state index contributed by atoms with van der Waals surface area (Å²) in [5.74, 6) is 0. The van der Waals surface area contributed by atoms with Crippen LogP contribution in [0.25, 0.3) is 0 Å². The maximum Gasteiger partial charge on any atom is 0.207 e. The number of piperidine rings is 1. The van der Waals surface area contributed by atoms with Gasteiger partial charge < -0.3 is 10.2 Å². The van der Waals surface area contributed by atoms with Crippen LogP contribution in [0, 0.1) is 0 Å². The Kier molecular flexibility index (Phi) is 4.97. The molecule has 0 bridgehead atoms. The maximum atomic E-state index is 10.2. The molecule has 1 aromatic rings. The second-order valence-electron chi connectivity index (χ2n) is 5.69. The van der Waals surface area contributed by atoms with Gasteiger partial charge in [0.05, 0.1) is 0 Å². The van der Waals surface area contributed by atoms with Gasteiger partial charge in [0.1, 0.15) is 0 Å². The van der Waals surface area contributed by atoms with Crippen molar-refractivity contribution in [3.63, 3.8) is 0 Å². The lowest BCUT2D eigenvalue weighted by atomic mass is 9.74. The van der Waals surface area contributed by atoms with E-state index in [1.165, 1.54) is 18.4 Å². The van der Waals surface area contributed by atoms with Gasteiger partial charge in [0, 0.05) is 6.54 Å². The number of hydrogen-bond acceptors (Lipinski definition) is 2. The average molecular weight is 260 g/mol. The Labute approximate surface area is 116 Å². The van der Waals surface area contributed by atoms with Crippen LogP contribution in [0.5, 0.6) is 0 Å². The summed E-state index contributed by atoms with van der Waals surface area (Å²) in [6.45, 7) is 6.58. The number of benzene rings is 1. The highest BCUT2D eigenvalue weighted by Gasteiger charge is 2.31. The van der Waals surface area contributed by atoms with Crippen molar-refractivity contribution in [3.8, 4) is 0 Å². The largest absolute Gasteiger partial charge is 0.359 e. The number of nitrogens with zero attached hydrogens (tertiary/aromatic N) is 1. The lowest BCUT2D eigenvalue weighted by Crippen LogP contribution is -2.41. The van der Waals surface area contributed by atoms with Crippen molar-refractivity contribution in [1.82, 2.24) is 10.2 Å². The molecule has 2 rings (SSSR count). The SMILES string of the molecule is CC1(c2ccccc2)CCN(CCCNC=O)CC1. The summed E-state index contributed by atoms with van der Waals surface area (Å²) in [4.78, 5) is 12.7. The van der Waals surface area contributed by atoms with Gasteiger partial charge in [-0.1, -0.05) is 37.3 Å². The summed E-state index contributed by atoms with van der Waals surface area (Å²) < 4.78 is 0. The number of likely N-dealkylation sites (tertiary alicyclic amines) is 1. The first-order chi connectivity index (χ1) is 9.24. The molecule has 1 N–H and O–H groups in total. The molecule has 1 fully saturated rings. The van der Waals surface area contributed by atoms with Crippen molar-refractivity contribution in [2.24, 2.45) is 0 Å². The van der Waals surface area contributed by atoms with E-state index < -0.39 is 0 Å². The topological polar surface area (TPSA) is 32.3 Å². The van der Waals surface area contributed by atoms with E-state index in [4.69, 9.17) is 0 Å². The number of nitrogens with one attached hydrogen (secondary N) is 1. The zero-order valence-electron chi connectivity index (χ0n) is 11.8. The van der Waals surface area contributed by atoms with Gasteiger partial charge >= 0.3 is 0 Å². The molecule has 0 unspecified atom stereocenters. The normalized spacial score (nSPS) is 19.0. The fraction of sp³-hybridized carbons (Fsp3) is 0.562. The minimum atomic E-state index is 0.332. The summed E-state index contributed by atoms with van der Waals surface area (Å²) in [5.41, 5.74) is 1.80. The van der Waals surface area contributed by atoms with E-state index in [1.807, 2.05) is 0 Å². The van der Waals surface area contributed by atoms with Crippen LogP contribution in [0.15, 0.2) is 30.3 Å². The Morgan fingerprint density at radius 1 is 1.26 bits per heavy atom. The van der Waals surface area contributed by atoms with Crippen LogP contribution >= 0.6 is 0 Å². The Morgan fingerprint density at radius 2 is 1.95 bits per heavy atom. The van der Waals surface area contributed by atoms with Gasteiger partial charge in [0.25, 0.3) is 0 Å². The van der Waals surface area contributed by atoms with Crippen LogP contribution in [0.1, 0.15) is 31.7 Å². The lowest BCUT2D eigenvalue weighted by Gasteiger charge is -2.40. The minimum absolute atomic E-state index is 0.332. The highest BCUT2D eigenvalue weighted by molar-refractivity contribution is 5.45. The molecule has 0 aliphatic carbocycles. The van der Waals surface area contributed by atoms with Gasteiger partial charge in [0.15, 0.2) is 0 Å². The van der Waals surface area contributed by atoms with Gasteiger partial charge in [0.2, 0.25) is 6.41 Å². The fourth-order valence-corrected chi connectivity index (χ4v) is 2.86. The maximum absolute atomic E-state index is 10.2. The molecule has 1 amide bonds. The number of hydrogen-bond donors (Lipinski definition) is 1. The predicted molar refractivity (Wildman–Crippen MR) is 78.2 cm³/mol. The zero-order chi connectivity index (χ0) is 13.6. The fourth-order valence-electron chi connectivity index (χ4n) is 2.86. The molecule has 1 aliphatic rings. The molecule has 19 heavy (non-hydrogen) atoms. The van der Waals surface area contributed by atoms with Gasteiger partial charge in [-0.3, -0.25) is 4.79 Å². The summed E-state index contributed by atoms with van der Waals surface area (Å²) >= 11 is 0. The number of amides is 1. The highest BCUT2D eigenvalue weighted by Crippen LogP contribution is 2.34. The molecule has 3 heteroatoms. The molecule has 0 aromatic heterocycles. The van der Waals surface area contributed by atoms with Gasteiger partial charge in [-0.15, -0.1) is 0 Å². The molecular formula is C16H24N2O. The van der Waals surface area contributed by atoms with Crippen molar-refractivity contribution < 1.29 is 4.79 Å². The second kappa shape index (κ2) is 6.71. The van der Waals surface area contributed by atoms with Crippen LogP contribution in [0.4, 0.5) is 0 Å². The van der Waals surface area contributed by atoms with Crippen molar-refractivity contribution in [3.05, 3.63) is 35.9 Å². The van der Waals surface area contributed by atoms with Gasteiger partial charge in [-0.25, -0.2) is 0 Å². The Morgan fingerprint density at radius 3 is 2.58 bits per heavy atom. The zero-order valence-corrected chi connectivity index (χ0v) is 11.8. The summed E-state index contributed by atoms with van der Waals surface area (Å²) in [5, 5.41) is 2.72. The average Bonchev–Trinajstić information content (AvgIpc) is 2.47. The van der Waals surface area contributed by atoms with Crippen molar-refractivity contribution in [2.75, 3.05) is 26.2 Å². The van der Waals surface area contributed by atoms with E-state index in [1.54, 1.807) is 0 Å². The standard InChI is InChI=1S/C16H24N2O/c1-16(15-6-3-2-4-7-15)8-12-18(13-9-16)11-5-10-17-14-19/h2-4,6-7,14H,5,8-13H2,1H3,(H,17,19). The van der Waals surface area contributed by atoms with Crippen molar-refractivity contribution in [2.45, 2.75) is 31.6 Å². The highest BCUT2D eigenvalue weighted by atomic mass is 16.1. The van der Waals surface area contributed by atoms with E-state index in [0.717, 1.165) is 39.0 Å². The van der Waals surface area contributed by atoms with Crippen LogP contribution in [-0.2, 0) is 10.2 Å². The van der Waals surface area contributed by atoms with Crippen molar-refractivity contribution >= 4 is 6.41 Å². The molecular weight excluding hydrogens is 236 g/mol. The molecule has 1 heterocycles. The number of carbonyl (C=O) groups excluding carboxylic acids is 1. The minimum Gasteiger partial charge on any atom is -0.359 e. The third-order valence-corrected chi connectivity index (χ3v) is 4.31. The van der Waals surface area contributed by atoms with Crippen molar-refractivity contribution in [1.29, 1.82) is 0 Å². The van der Waals surface area contributed by atoms with Crippen LogP contribution in [-0.4, -0.2) is 37.5 Å². The monoisotopic (exact) mass is 260 g/mol. The second-order valence-corrected chi connectivity index (χ2v) is 5.69. The summed E-state index contributed by atoms with van der Waals surface area (Å²) in [6.07, 6.45) is 4.26. The summed E-state index contributed by atoms with van der Waals surface area (Å²) in [6, 6.07) is 10.9. The first-order valence-corrected chi connectivity index (χ1v) is 7.19. The Hall–Kier alpha value is -1.35. The number of carbonyl (C=O) groups is 1. The van der Waals surface area contributed by atoms with Gasteiger partial charge in [-0.2, -0.15) is 0 Å². The molecule has 104 valence electrons. The third kappa shape index (κ3) is 3.80. The molecule has 0 radical (unpaired) electrons. The lowest BCUT2D eigenvalue weighted by molar-refractivity contribution is -0.109. The van der Waals surface area contributed by atoms with E-state index in [0.29, 0.717) is 5.41 Å². The summed E-state index contributed by atoms with van der Waals surface area (Å²) in [7, 11) is 0. The molecule has 1 aromatic carbocycles. The smallest absolute Gasteiger partial charge is 0.207 e. The van der Waals surface area contributed by atoms with Crippen LogP contribution in [0.2, 0.25) is 0 Å². The van der Waals surface area contributed by atoms with Crippen LogP contribution in [0.3, 0.4) is 0 Å². The molecule has 3 nitrogen and oxygen atoms in total. The van der Waals surface area contributed by atoms with E-state index in [9.17, 15) is 4.79 Å². The molecule has 0 saturated carbocycles.